The first-order valence-corrected chi connectivity index (χ1v) is 4.71. The third-order valence-corrected chi connectivity index (χ3v) is 2.38. The van der Waals surface area contributed by atoms with E-state index in [-0.39, 0.29) is 11.6 Å². The number of carbonyl (C=O) groups is 1. The van der Waals surface area contributed by atoms with Crippen LogP contribution in [0.5, 0.6) is 0 Å². The summed E-state index contributed by atoms with van der Waals surface area (Å²) in [4.78, 5) is 11.2. The Balaban J connectivity index is 2.54. The Hall–Kier alpha value is -0.530. The first-order valence-electron chi connectivity index (χ1n) is 4.71. The lowest BCUT2D eigenvalue weighted by molar-refractivity contribution is -0.159. The van der Waals surface area contributed by atoms with E-state index in [0.29, 0.717) is 12.3 Å². The highest BCUT2D eigenvalue weighted by molar-refractivity contribution is 5.70. The molecule has 1 fully saturated rings. The molecule has 0 aromatic heterocycles. The van der Waals surface area contributed by atoms with Gasteiger partial charge in [0.15, 0.2) is 0 Å². The molecule has 1 heterocycles. The van der Waals surface area contributed by atoms with Crippen molar-refractivity contribution in [1.82, 2.24) is 0 Å². The summed E-state index contributed by atoms with van der Waals surface area (Å²) in [5.74, 6) is 0.459. The van der Waals surface area contributed by atoms with Gasteiger partial charge in [-0.15, -0.1) is 0 Å². The summed E-state index contributed by atoms with van der Waals surface area (Å²) < 4.78 is 5.31. The summed E-state index contributed by atoms with van der Waals surface area (Å²) >= 11 is 0. The first-order chi connectivity index (χ1) is 5.49. The Kier molecular flexibility index (Phi) is 2.76. The molecule has 0 amide bonds. The molecule has 70 valence electrons. The predicted molar refractivity (Wildman–Crippen MR) is 47.8 cm³/mol. The topological polar surface area (TPSA) is 26.3 Å². The maximum Gasteiger partial charge on any atom is 0.306 e. The number of ether oxygens (including phenoxy) is 1. The smallest absolute Gasteiger partial charge is 0.306 e. The summed E-state index contributed by atoms with van der Waals surface area (Å²) in [6.45, 7) is 6.08. The van der Waals surface area contributed by atoms with Crippen molar-refractivity contribution in [1.29, 1.82) is 0 Å². The van der Waals surface area contributed by atoms with Crippen molar-refractivity contribution < 1.29 is 9.53 Å². The highest BCUT2D eigenvalue weighted by Crippen LogP contribution is 2.25. The average Bonchev–Trinajstić information content (AvgIpc) is 1.81. The summed E-state index contributed by atoms with van der Waals surface area (Å²) in [5, 5.41) is 0. The van der Waals surface area contributed by atoms with Crippen molar-refractivity contribution in [3.05, 3.63) is 0 Å². The van der Waals surface area contributed by atoms with Crippen molar-refractivity contribution >= 4 is 5.97 Å². The van der Waals surface area contributed by atoms with Gasteiger partial charge in [-0.25, -0.2) is 0 Å². The molecule has 0 spiro atoms. The van der Waals surface area contributed by atoms with Crippen LogP contribution in [-0.2, 0) is 9.53 Å². The van der Waals surface area contributed by atoms with Crippen molar-refractivity contribution in [3.63, 3.8) is 0 Å². The summed E-state index contributed by atoms with van der Waals surface area (Å²) in [7, 11) is 0. The van der Waals surface area contributed by atoms with E-state index in [4.69, 9.17) is 4.74 Å². The lowest BCUT2D eigenvalue weighted by Crippen LogP contribution is -2.30. The van der Waals surface area contributed by atoms with Gasteiger partial charge in [-0.2, -0.15) is 0 Å². The molecular formula is C10H18O2. The van der Waals surface area contributed by atoms with Crippen LogP contribution < -0.4 is 0 Å². The van der Waals surface area contributed by atoms with Crippen LogP contribution in [-0.4, -0.2) is 11.6 Å². The minimum Gasteiger partial charge on any atom is -0.460 e. The van der Waals surface area contributed by atoms with Crippen molar-refractivity contribution in [3.8, 4) is 0 Å². The Morgan fingerprint density at radius 2 is 2.17 bits per heavy atom. The molecule has 0 saturated carbocycles. The lowest BCUT2D eigenvalue weighted by atomic mass is 9.93. The molecule has 12 heavy (non-hydrogen) atoms. The molecule has 1 unspecified atom stereocenters. The van der Waals surface area contributed by atoms with Crippen LogP contribution in [0.3, 0.4) is 0 Å². The molecule has 0 radical (unpaired) electrons. The Bertz CT molecular complexity index is 173. The van der Waals surface area contributed by atoms with Crippen LogP contribution >= 0.6 is 0 Å². The van der Waals surface area contributed by atoms with Gasteiger partial charge in [-0.3, -0.25) is 4.79 Å². The molecule has 1 saturated heterocycles. The van der Waals surface area contributed by atoms with E-state index in [0.717, 1.165) is 12.8 Å². The summed E-state index contributed by atoms with van der Waals surface area (Å²) in [6, 6.07) is 0. The summed E-state index contributed by atoms with van der Waals surface area (Å²) in [5.41, 5.74) is -0.239. The number of esters is 1. The SMILES string of the molecule is CC1CCCC(C)(C)OC(=O)C1. The second-order valence-electron chi connectivity index (χ2n) is 4.44. The minimum absolute atomic E-state index is 0.0350. The molecule has 1 aliphatic rings. The molecule has 0 N–H and O–H groups in total. The normalized spacial score (nSPS) is 30.2. The van der Waals surface area contributed by atoms with Crippen molar-refractivity contribution in [2.24, 2.45) is 5.92 Å². The second-order valence-corrected chi connectivity index (χ2v) is 4.44. The van der Waals surface area contributed by atoms with Crippen LogP contribution in [0.1, 0.15) is 46.5 Å². The molecule has 2 nitrogen and oxygen atoms in total. The van der Waals surface area contributed by atoms with E-state index >= 15 is 0 Å². The van der Waals surface area contributed by atoms with Crippen LogP contribution in [0.15, 0.2) is 0 Å². The van der Waals surface area contributed by atoms with E-state index in [9.17, 15) is 4.79 Å². The van der Waals surface area contributed by atoms with Gasteiger partial charge in [0, 0.05) is 6.42 Å². The van der Waals surface area contributed by atoms with E-state index in [1.807, 2.05) is 13.8 Å². The van der Waals surface area contributed by atoms with Crippen LogP contribution in [0, 0.1) is 5.92 Å². The van der Waals surface area contributed by atoms with Crippen LogP contribution in [0.4, 0.5) is 0 Å². The monoisotopic (exact) mass is 170 g/mol. The van der Waals surface area contributed by atoms with E-state index in [1.54, 1.807) is 0 Å². The molecule has 0 aromatic carbocycles. The highest BCUT2D eigenvalue weighted by Gasteiger charge is 2.26. The zero-order valence-electron chi connectivity index (χ0n) is 8.22. The highest BCUT2D eigenvalue weighted by atomic mass is 16.6. The average molecular weight is 170 g/mol. The van der Waals surface area contributed by atoms with Crippen LogP contribution in [0.25, 0.3) is 0 Å². The summed E-state index contributed by atoms with van der Waals surface area (Å²) in [6.07, 6.45) is 3.90. The fourth-order valence-electron chi connectivity index (χ4n) is 1.66. The van der Waals surface area contributed by atoms with Crippen LogP contribution in [0.2, 0.25) is 0 Å². The lowest BCUT2D eigenvalue weighted by Gasteiger charge is -2.28. The number of cyclic esters (lactones) is 1. The number of carbonyl (C=O) groups excluding carboxylic acids is 1. The maximum atomic E-state index is 11.2. The molecule has 1 atom stereocenters. The molecule has 0 aromatic rings. The molecule has 0 bridgehead atoms. The standard InChI is InChI=1S/C10H18O2/c1-8-5-4-6-10(2,3)12-9(11)7-8/h8H,4-7H2,1-3H3. The molecule has 1 aliphatic heterocycles. The van der Waals surface area contributed by atoms with Gasteiger partial charge in [0.2, 0.25) is 0 Å². The fraction of sp³-hybridized carbons (Fsp3) is 0.900. The third kappa shape index (κ3) is 2.84. The van der Waals surface area contributed by atoms with E-state index < -0.39 is 0 Å². The second kappa shape index (κ2) is 3.46. The third-order valence-electron chi connectivity index (χ3n) is 2.38. The minimum atomic E-state index is -0.239. The molecule has 2 heteroatoms. The first kappa shape index (κ1) is 9.56. The zero-order chi connectivity index (χ0) is 9.19. The van der Waals surface area contributed by atoms with Gasteiger partial charge >= 0.3 is 5.97 Å². The van der Waals surface area contributed by atoms with Gasteiger partial charge < -0.3 is 4.74 Å². The Labute approximate surface area is 74.3 Å². The van der Waals surface area contributed by atoms with Gasteiger partial charge in [-0.1, -0.05) is 13.3 Å². The number of rotatable bonds is 0. The fourth-order valence-corrected chi connectivity index (χ4v) is 1.66. The molecule has 0 aliphatic carbocycles. The molecule has 1 rings (SSSR count). The largest absolute Gasteiger partial charge is 0.460 e. The quantitative estimate of drug-likeness (QED) is 0.522. The predicted octanol–water partition coefficient (Wildman–Crippen LogP) is 2.52. The van der Waals surface area contributed by atoms with Gasteiger partial charge in [0.05, 0.1) is 0 Å². The Morgan fingerprint density at radius 1 is 1.50 bits per heavy atom. The number of hydrogen-bond donors (Lipinski definition) is 0. The van der Waals surface area contributed by atoms with Gasteiger partial charge in [0.1, 0.15) is 5.60 Å². The number of hydrogen-bond acceptors (Lipinski definition) is 2. The van der Waals surface area contributed by atoms with Crippen molar-refractivity contribution in [2.75, 3.05) is 0 Å². The Morgan fingerprint density at radius 3 is 2.83 bits per heavy atom. The zero-order valence-corrected chi connectivity index (χ0v) is 8.22. The van der Waals surface area contributed by atoms with E-state index in [1.165, 1.54) is 6.42 Å². The van der Waals surface area contributed by atoms with Crippen molar-refractivity contribution in [2.45, 2.75) is 52.1 Å². The maximum absolute atomic E-state index is 11.2. The van der Waals surface area contributed by atoms with E-state index in [2.05, 4.69) is 6.92 Å². The van der Waals surface area contributed by atoms with Gasteiger partial charge in [-0.05, 0) is 32.6 Å². The molecular weight excluding hydrogens is 152 g/mol. The van der Waals surface area contributed by atoms with Gasteiger partial charge in [0.25, 0.3) is 0 Å².